The van der Waals surface area contributed by atoms with E-state index in [9.17, 15) is 4.79 Å². The van der Waals surface area contributed by atoms with Gasteiger partial charge < -0.3 is 15.5 Å². The van der Waals surface area contributed by atoms with E-state index in [1.165, 1.54) is 11.1 Å². The lowest BCUT2D eigenvalue weighted by atomic mass is 10.1. The van der Waals surface area contributed by atoms with Crippen molar-refractivity contribution in [2.75, 3.05) is 39.3 Å². The third-order valence-electron chi connectivity index (χ3n) is 5.21. The van der Waals surface area contributed by atoms with E-state index in [-0.39, 0.29) is 5.91 Å². The smallest absolute Gasteiger partial charge is 0.234 e. The van der Waals surface area contributed by atoms with Crippen LogP contribution in [-0.4, -0.2) is 67.0 Å². The molecule has 1 aliphatic carbocycles. The van der Waals surface area contributed by atoms with Gasteiger partial charge in [0.05, 0.1) is 13.1 Å². The van der Waals surface area contributed by atoms with Crippen LogP contribution in [-0.2, 0) is 17.8 Å². The van der Waals surface area contributed by atoms with E-state index in [0.717, 1.165) is 57.9 Å². The Morgan fingerprint density at radius 3 is 2.44 bits per heavy atom. The van der Waals surface area contributed by atoms with Crippen molar-refractivity contribution in [3.05, 3.63) is 35.4 Å². The van der Waals surface area contributed by atoms with E-state index >= 15 is 0 Å². The molecule has 0 atom stereocenters. The van der Waals surface area contributed by atoms with Crippen LogP contribution in [0.5, 0.6) is 0 Å². The Morgan fingerprint density at radius 2 is 1.81 bits per heavy atom. The summed E-state index contributed by atoms with van der Waals surface area (Å²) in [5, 5.41) is 6.50. The summed E-state index contributed by atoms with van der Waals surface area (Å²) in [5.74, 6) is 1.15. The quantitative estimate of drug-likeness (QED) is 0.565. The van der Waals surface area contributed by atoms with E-state index in [1.54, 1.807) is 0 Å². The molecule has 0 spiro atoms. The highest BCUT2D eigenvalue weighted by Crippen LogP contribution is 2.18. The van der Waals surface area contributed by atoms with Gasteiger partial charge in [0.2, 0.25) is 5.91 Å². The lowest BCUT2D eigenvalue weighted by Crippen LogP contribution is -2.54. The van der Waals surface area contributed by atoms with E-state index in [2.05, 4.69) is 58.5 Å². The van der Waals surface area contributed by atoms with Crippen molar-refractivity contribution in [2.24, 2.45) is 4.99 Å². The molecule has 1 aromatic carbocycles. The SMILES string of the molecule is CCNC(=NCc1ccccc1CC)N1CCN(CC(=O)NC2CC2)CC1. The first kappa shape index (κ1) is 19.7. The van der Waals surface area contributed by atoms with Gasteiger partial charge in [0.25, 0.3) is 0 Å². The van der Waals surface area contributed by atoms with Gasteiger partial charge in [0, 0.05) is 38.8 Å². The lowest BCUT2D eigenvalue weighted by molar-refractivity contribution is -0.122. The zero-order valence-electron chi connectivity index (χ0n) is 16.7. The maximum atomic E-state index is 12.0. The average molecular weight is 372 g/mol. The van der Waals surface area contributed by atoms with Crippen molar-refractivity contribution in [3.63, 3.8) is 0 Å². The topological polar surface area (TPSA) is 60.0 Å². The summed E-state index contributed by atoms with van der Waals surface area (Å²) in [5.41, 5.74) is 2.66. The first-order valence-electron chi connectivity index (χ1n) is 10.3. The van der Waals surface area contributed by atoms with Crippen LogP contribution in [0.15, 0.2) is 29.3 Å². The number of nitrogens with zero attached hydrogens (tertiary/aromatic N) is 3. The van der Waals surface area contributed by atoms with E-state index in [1.807, 2.05) is 0 Å². The highest BCUT2D eigenvalue weighted by Gasteiger charge is 2.25. The Balaban J connectivity index is 1.53. The van der Waals surface area contributed by atoms with Crippen molar-refractivity contribution in [1.29, 1.82) is 0 Å². The van der Waals surface area contributed by atoms with Gasteiger partial charge in [-0.2, -0.15) is 0 Å². The van der Waals surface area contributed by atoms with E-state index in [0.29, 0.717) is 19.1 Å². The highest BCUT2D eigenvalue weighted by atomic mass is 16.2. The predicted octanol–water partition coefficient (Wildman–Crippen LogP) is 1.61. The molecule has 0 unspecified atom stereocenters. The third-order valence-corrected chi connectivity index (χ3v) is 5.21. The molecule has 1 aromatic rings. The maximum Gasteiger partial charge on any atom is 0.234 e. The van der Waals surface area contributed by atoms with Crippen LogP contribution >= 0.6 is 0 Å². The summed E-state index contributed by atoms with van der Waals surface area (Å²) < 4.78 is 0. The molecule has 0 bridgehead atoms. The van der Waals surface area contributed by atoms with Crippen LogP contribution in [0, 0.1) is 0 Å². The molecule has 1 saturated carbocycles. The molecular weight excluding hydrogens is 338 g/mol. The second kappa shape index (κ2) is 9.74. The summed E-state index contributed by atoms with van der Waals surface area (Å²) in [4.78, 5) is 21.4. The molecule has 1 saturated heterocycles. The Hall–Kier alpha value is -2.08. The van der Waals surface area contributed by atoms with Crippen LogP contribution in [0.25, 0.3) is 0 Å². The van der Waals surface area contributed by atoms with Crippen molar-refractivity contribution >= 4 is 11.9 Å². The van der Waals surface area contributed by atoms with Gasteiger partial charge in [-0.15, -0.1) is 0 Å². The second-order valence-corrected chi connectivity index (χ2v) is 7.40. The number of aryl methyl sites for hydroxylation is 1. The molecule has 3 rings (SSSR count). The molecule has 1 aliphatic heterocycles. The van der Waals surface area contributed by atoms with Gasteiger partial charge in [0.1, 0.15) is 0 Å². The van der Waals surface area contributed by atoms with E-state index in [4.69, 9.17) is 4.99 Å². The molecule has 2 N–H and O–H groups in total. The fourth-order valence-corrected chi connectivity index (χ4v) is 3.46. The molecule has 1 amide bonds. The minimum atomic E-state index is 0.169. The molecule has 27 heavy (non-hydrogen) atoms. The third kappa shape index (κ3) is 5.96. The zero-order chi connectivity index (χ0) is 19.1. The Bertz CT molecular complexity index is 648. The molecule has 6 heteroatoms. The van der Waals surface area contributed by atoms with Gasteiger partial charge in [-0.05, 0) is 37.3 Å². The molecule has 2 fully saturated rings. The number of nitrogens with one attached hydrogen (secondary N) is 2. The van der Waals surface area contributed by atoms with Gasteiger partial charge in [-0.25, -0.2) is 4.99 Å². The normalized spacial score (nSPS) is 18.4. The summed E-state index contributed by atoms with van der Waals surface area (Å²) in [6, 6.07) is 8.97. The second-order valence-electron chi connectivity index (χ2n) is 7.40. The minimum Gasteiger partial charge on any atom is -0.357 e. The monoisotopic (exact) mass is 371 g/mol. The van der Waals surface area contributed by atoms with Crippen LogP contribution in [0.3, 0.4) is 0 Å². The number of benzene rings is 1. The van der Waals surface area contributed by atoms with Gasteiger partial charge in [-0.1, -0.05) is 31.2 Å². The first-order valence-corrected chi connectivity index (χ1v) is 10.3. The largest absolute Gasteiger partial charge is 0.357 e. The van der Waals surface area contributed by atoms with Gasteiger partial charge in [-0.3, -0.25) is 9.69 Å². The molecule has 2 aliphatic rings. The lowest BCUT2D eigenvalue weighted by Gasteiger charge is -2.36. The molecule has 1 heterocycles. The van der Waals surface area contributed by atoms with Crippen LogP contribution < -0.4 is 10.6 Å². The molecule has 6 nitrogen and oxygen atoms in total. The van der Waals surface area contributed by atoms with Crippen molar-refractivity contribution < 1.29 is 4.79 Å². The zero-order valence-corrected chi connectivity index (χ0v) is 16.7. The summed E-state index contributed by atoms with van der Waals surface area (Å²) in [6.45, 7) is 9.97. The van der Waals surface area contributed by atoms with E-state index < -0.39 is 0 Å². The van der Waals surface area contributed by atoms with Crippen molar-refractivity contribution in [1.82, 2.24) is 20.4 Å². The Kier molecular flexibility index (Phi) is 7.10. The predicted molar refractivity (Wildman–Crippen MR) is 110 cm³/mol. The fourth-order valence-electron chi connectivity index (χ4n) is 3.46. The summed E-state index contributed by atoms with van der Waals surface area (Å²) >= 11 is 0. The number of rotatable bonds is 7. The number of hydrogen-bond acceptors (Lipinski definition) is 3. The number of hydrogen-bond donors (Lipinski definition) is 2. The number of piperazine rings is 1. The fraction of sp³-hybridized carbons (Fsp3) is 0.619. The maximum absolute atomic E-state index is 12.0. The number of amides is 1. The van der Waals surface area contributed by atoms with Gasteiger partial charge in [0.15, 0.2) is 5.96 Å². The van der Waals surface area contributed by atoms with Gasteiger partial charge >= 0.3 is 0 Å². The average Bonchev–Trinajstić information content (AvgIpc) is 3.50. The van der Waals surface area contributed by atoms with Crippen molar-refractivity contribution in [3.8, 4) is 0 Å². The minimum absolute atomic E-state index is 0.169. The number of guanidine groups is 1. The van der Waals surface area contributed by atoms with Crippen LogP contribution in [0.1, 0.15) is 37.8 Å². The highest BCUT2D eigenvalue weighted by molar-refractivity contribution is 5.80. The molecule has 0 aromatic heterocycles. The van der Waals surface area contributed by atoms with Crippen LogP contribution in [0.2, 0.25) is 0 Å². The van der Waals surface area contributed by atoms with Crippen molar-refractivity contribution in [2.45, 2.75) is 45.7 Å². The molecule has 148 valence electrons. The summed E-state index contributed by atoms with van der Waals surface area (Å²) in [7, 11) is 0. The summed E-state index contributed by atoms with van der Waals surface area (Å²) in [6.07, 6.45) is 3.32. The van der Waals surface area contributed by atoms with Crippen LogP contribution in [0.4, 0.5) is 0 Å². The number of carbonyl (C=O) groups is 1. The standard InChI is InChI=1S/C21H33N5O/c1-3-17-7-5-6-8-18(17)15-23-21(22-4-2)26-13-11-25(12-14-26)16-20(27)24-19-9-10-19/h5-8,19H,3-4,9-16H2,1-2H3,(H,22,23)(H,24,27). The Labute approximate surface area is 163 Å². The Morgan fingerprint density at radius 1 is 1.11 bits per heavy atom. The first-order chi connectivity index (χ1) is 13.2. The molecule has 0 radical (unpaired) electrons. The number of aliphatic imine (C=N–C) groups is 1. The number of carbonyl (C=O) groups excluding carboxylic acids is 1. The molecular formula is C21H33N5O.